The third-order valence-electron chi connectivity index (χ3n) is 7.27. The molecule has 234 valence electrons. The Hall–Kier alpha value is -4.90. The second kappa shape index (κ2) is 13.4. The van der Waals surface area contributed by atoms with E-state index in [1.54, 1.807) is 44.0 Å². The molecule has 3 amide bonds. The summed E-state index contributed by atoms with van der Waals surface area (Å²) in [6.07, 6.45) is 4.54. The molecule has 4 N–H and O–H groups in total. The number of rotatable bonds is 8. The van der Waals surface area contributed by atoms with Crippen molar-refractivity contribution in [2.45, 2.75) is 45.4 Å². The van der Waals surface area contributed by atoms with Crippen LogP contribution in [0.1, 0.15) is 32.8 Å². The molecule has 1 aliphatic heterocycles. The number of hydrogen-bond acceptors (Lipinski definition) is 7. The number of fused-ring (bicyclic) bond motifs is 1. The Bertz CT molecular complexity index is 1710. The summed E-state index contributed by atoms with van der Waals surface area (Å²) < 4.78 is 5.64. The van der Waals surface area contributed by atoms with Gasteiger partial charge in [0, 0.05) is 54.0 Å². The van der Waals surface area contributed by atoms with Gasteiger partial charge in [-0.25, -0.2) is 14.8 Å². The summed E-state index contributed by atoms with van der Waals surface area (Å²) in [5.41, 5.74) is 3.15. The Morgan fingerprint density at radius 1 is 1.13 bits per heavy atom. The molecule has 4 aromatic rings. The minimum atomic E-state index is -0.694. The highest BCUT2D eigenvalue weighted by Gasteiger charge is 2.36. The average molecular weight is 630 g/mol. The molecule has 0 bridgehead atoms. The average Bonchev–Trinajstić information content (AvgIpc) is 3.44. The van der Waals surface area contributed by atoms with E-state index in [9.17, 15) is 14.4 Å². The summed E-state index contributed by atoms with van der Waals surface area (Å²) in [5, 5.41) is 10.4. The molecule has 2 aromatic heterocycles. The van der Waals surface area contributed by atoms with Crippen LogP contribution in [0.2, 0.25) is 5.02 Å². The predicted molar refractivity (Wildman–Crippen MR) is 175 cm³/mol. The van der Waals surface area contributed by atoms with Crippen molar-refractivity contribution < 1.29 is 19.1 Å². The number of H-pyrrole nitrogens is 1. The summed E-state index contributed by atoms with van der Waals surface area (Å²) in [6.45, 7) is 9.63. The summed E-state index contributed by atoms with van der Waals surface area (Å²) in [4.78, 5) is 52.0. The number of carbonyl (C=O) groups excluding carboxylic acids is 3. The molecule has 0 radical (unpaired) electrons. The molecular formula is C33H36ClN7O4. The number of amides is 3. The number of nitrogens with zero attached hydrogens (tertiary/aromatic N) is 3. The van der Waals surface area contributed by atoms with Gasteiger partial charge in [0.15, 0.2) is 0 Å². The predicted octanol–water partition coefficient (Wildman–Crippen LogP) is 5.76. The van der Waals surface area contributed by atoms with Crippen molar-refractivity contribution in [3.8, 4) is 11.3 Å². The van der Waals surface area contributed by atoms with Crippen LogP contribution in [0.4, 0.5) is 16.4 Å². The maximum Gasteiger partial charge on any atom is 0.410 e. The molecular weight excluding hydrogens is 594 g/mol. The second-order valence-electron chi connectivity index (χ2n) is 11.9. The normalized spacial score (nSPS) is 16.6. The quantitative estimate of drug-likeness (QED) is 0.182. The van der Waals surface area contributed by atoms with Crippen LogP contribution in [-0.2, 0) is 20.9 Å². The number of nitrogens with one attached hydrogen (secondary N) is 4. The standard InChI is InChI=1S/C33H36ClN7O4/c1-5-28(42)38-22-12-10-20(11-13-22)15-36-30(43)21-14-23(19-41(18-21)32(44)45-33(2,3)4)39-31-37-17-26(34)29(40-31)25-16-35-27-9-7-6-8-24(25)27/h5-13,16-17,21,23,35H,1,14-15,18-19H2,2-4H3,(H,36,43)(H,38,42)(H,37,39,40). The van der Waals surface area contributed by atoms with Crippen molar-refractivity contribution >= 4 is 52.0 Å². The van der Waals surface area contributed by atoms with E-state index in [1.165, 1.54) is 6.08 Å². The first-order valence-electron chi connectivity index (χ1n) is 14.6. The molecule has 45 heavy (non-hydrogen) atoms. The minimum absolute atomic E-state index is 0.199. The van der Waals surface area contributed by atoms with Crippen LogP contribution in [0.15, 0.2) is 73.6 Å². The van der Waals surface area contributed by atoms with Crippen LogP contribution >= 0.6 is 11.6 Å². The molecule has 0 spiro atoms. The van der Waals surface area contributed by atoms with Gasteiger partial charge in [0.25, 0.3) is 0 Å². The maximum absolute atomic E-state index is 13.4. The number of piperidine rings is 1. The SMILES string of the molecule is C=CC(=O)Nc1ccc(CNC(=O)C2CC(Nc3ncc(Cl)c(-c4c[nH]c5ccccc45)n3)CN(C(=O)OC(C)(C)C)C2)cc1. The molecule has 5 rings (SSSR count). The Kier molecular flexibility index (Phi) is 9.38. The van der Waals surface area contributed by atoms with Gasteiger partial charge in [-0.3, -0.25) is 9.59 Å². The smallest absolute Gasteiger partial charge is 0.410 e. The lowest BCUT2D eigenvalue weighted by molar-refractivity contribution is -0.126. The van der Waals surface area contributed by atoms with E-state index in [2.05, 4.69) is 32.5 Å². The van der Waals surface area contributed by atoms with Crippen LogP contribution in [0.25, 0.3) is 22.2 Å². The number of anilines is 2. The van der Waals surface area contributed by atoms with E-state index >= 15 is 0 Å². The summed E-state index contributed by atoms with van der Waals surface area (Å²) in [5.74, 6) is -0.686. The van der Waals surface area contributed by atoms with Gasteiger partial charge < -0.3 is 30.6 Å². The van der Waals surface area contributed by atoms with E-state index in [-0.39, 0.29) is 30.9 Å². The van der Waals surface area contributed by atoms with E-state index in [1.807, 2.05) is 42.6 Å². The van der Waals surface area contributed by atoms with Gasteiger partial charge >= 0.3 is 6.09 Å². The molecule has 1 fully saturated rings. The van der Waals surface area contributed by atoms with Gasteiger partial charge in [-0.2, -0.15) is 0 Å². The Morgan fingerprint density at radius 2 is 1.89 bits per heavy atom. The molecule has 1 aliphatic rings. The van der Waals surface area contributed by atoms with Crippen molar-refractivity contribution in [2.24, 2.45) is 5.92 Å². The number of carbonyl (C=O) groups is 3. The fourth-order valence-corrected chi connectivity index (χ4v) is 5.37. The fourth-order valence-electron chi connectivity index (χ4n) is 5.18. The van der Waals surface area contributed by atoms with Crippen LogP contribution in [0, 0.1) is 5.92 Å². The molecule has 0 saturated carbocycles. The van der Waals surface area contributed by atoms with Crippen molar-refractivity contribution in [1.82, 2.24) is 25.2 Å². The lowest BCUT2D eigenvalue weighted by atomic mass is 9.93. The molecule has 2 unspecified atom stereocenters. The summed E-state index contributed by atoms with van der Waals surface area (Å²) in [7, 11) is 0. The van der Waals surface area contributed by atoms with E-state index in [0.29, 0.717) is 35.3 Å². The Labute approximate surface area is 266 Å². The van der Waals surface area contributed by atoms with Crippen LogP contribution in [0.5, 0.6) is 0 Å². The van der Waals surface area contributed by atoms with Gasteiger partial charge in [-0.05, 0) is 57.0 Å². The first-order chi connectivity index (χ1) is 21.5. The summed E-state index contributed by atoms with van der Waals surface area (Å²) in [6, 6.07) is 14.7. The number of halogens is 1. The van der Waals surface area contributed by atoms with Gasteiger partial charge in [0.05, 0.1) is 22.8 Å². The zero-order chi connectivity index (χ0) is 32.1. The van der Waals surface area contributed by atoms with Crippen LogP contribution in [0.3, 0.4) is 0 Å². The number of ether oxygens (including phenoxy) is 1. The fraction of sp³-hybridized carbons (Fsp3) is 0.303. The molecule has 0 aliphatic carbocycles. The van der Waals surface area contributed by atoms with Crippen molar-refractivity contribution in [3.05, 3.63) is 84.2 Å². The first-order valence-corrected chi connectivity index (χ1v) is 15.0. The first kappa shape index (κ1) is 31.5. The van der Waals surface area contributed by atoms with Gasteiger partial charge in [0.2, 0.25) is 17.8 Å². The number of hydrogen-bond donors (Lipinski definition) is 4. The third-order valence-corrected chi connectivity index (χ3v) is 7.54. The van der Waals surface area contributed by atoms with E-state index in [0.717, 1.165) is 22.0 Å². The second-order valence-corrected chi connectivity index (χ2v) is 12.3. The molecule has 12 heteroatoms. The number of aromatic nitrogens is 3. The molecule has 11 nitrogen and oxygen atoms in total. The minimum Gasteiger partial charge on any atom is -0.444 e. The van der Waals surface area contributed by atoms with Crippen molar-refractivity contribution in [3.63, 3.8) is 0 Å². The van der Waals surface area contributed by atoms with Gasteiger partial charge in [-0.15, -0.1) is 0 Å². The number of aromatic amines is 1. The van der Waals surface area contributed by atoms with E-state index < -0.39 is 17.6 Å². The lowest BCUT2D eigenvalue weighted by Gasteiger charge is -2.38. The molecule has 2 atom stereocenters. The van der Waals surface area contributed by atoms with E-state index in [4.69, 9.17) is 21.3 Å². The molecule has 3 heterocycles. The lowest BCUT2D eigenvalue weighted by Crippen LogP contribution is -2.53. The highest BCUT2D eigenvalue weighted by atomic mass is 35.5. The molecule has 1 saturated heterocycles. The van der Waals surface area contributed by atoms with Crippen molar-refractivity contribution in [1.29, 1.82) is 0 Å². The van der Waals surface area contributed by atoms with Gasteiger partial charge in [0.1, 0.15) is 5.60 Å². The topological polar surface area (TPSA) is 141 Å². The highest BCUT2D eigenvalue weighted by molar-refractivity contribution is 6.33. The monoisotopic (exact) mass is 629 g/mol. The van der Waals surface area contributed by atoms with Crippen LogP contribution < -0.4 is 16.0 Å². The highest BCUT2D eigenvalue weighted by Crippen LogP contribution is 2.33. The largest absolute Gasteiger partial charge is 0.444 e. The van der Waals surface area contributed by atoms with Crippen LogP contribution in [-0.4, -0.2) is 62.5 Å². The third kappa shape index (κ3) is 7.98. The molecule has 2 aromatic carbocycles. The maximum atomic E-state index is 13.4. The van der Waals surface area contributed by atoms with Gasteiger partial charge in [-0.1, -0.05) is 48.5 Å². The zero-order valence-electron chi connectivity index (χ0n) is 25.4. The zero-order valence-corrected chi connectivity index (χ0v) is 26.1. The Morgan fingerprint density at radius 3 is 2.62 bits per heavy atom. The number of likely N-dealkylation sites (tertiary alicyclic amines) is 1. The summed E-state index contributed by atoms with van der Waals surface area (Å²) >= 11 is 6.53. The number of para-hydroxylation sites is 1. The Balaban J connectivity index is 1.31. The number of benzene rings is 2. The van der Waals surface area contributed by atoms with Crippen molar-refractivity contribution in [2.75, 3.05) is 23.7 Å².